The van der Waals surface area contributed by atoms with Gasteiger partial charge in [0.15, 0.2) is 5.78 Å². The molecule has 6 nitrogen and oxygen atoms in total. The van der Waals surface area contributed by atoms with E-state index < -0.39 is 5.97 Å². The Morgan fingerprint density at radius 3 is 2.32 bits per heavy atom. The van der Waals surface area contributed by atoms with Crippen molar-refractivity contribution in [2.24, 2.45) is 5.92 Å². The van der Waals surface area contributed by atoms with Crippen LogP contribution in [0.15, 0.2) is 0 Å². The van der Waals surface area contributed by atoms with Crippen molar-refractivity contribution in [2.75, 3.05) is 20.7 Å². The maximum Gasteiger partial charge on any atom is 0.354 e. The molecule has 0 aliphatic rings. The second-order valence-corrected chi connectivity index (χ2v) is 5.89. The molecule has 0 aliphatic heterocycles. The molecule has 0 spiro atoms. The van der Waals surface area contributed by atoms with Crippen LogP contribution in [-0.2, 0) is 9.53 Å². The van der Waals surface area contributed by atoms with Gasteiger partial charge in [-0.05, 0) is 25.3 Å². The molecule has 122 valence electrons. The van der Waals surface area contributed by atoms with E-state index in [1.165, 1.54) is 12.0 Å². The highest BCUT2D eigenvalue weighted by Gasteiger charge is 2.24. The molecular formula is C16H24N2O4. The summed E-state index contributed by atoms with van der Waals surface area (Å²) >= 11 is 0. The fourth-order valence-corrected chi connectivity index (χ4v) is 2.36. The minimum absolute atomic E-state index is 0.00823. The van der Waals surface area contributed by atoms with Crippen LogP contribution in [0.1, 0.15) is 52.4 Å². The lowest BCUT2D eigenvalue weighted by Crippen LogP contribution is -2.33. The summed E-state index contributed by atoms with van der Waals surface area (Å²) in [6, 6.07) is 0. The molecule has 0 atom stereocenters. The summed E-state index contributed by atoms with van der Waals surface area (Å²) < 4.78 is 4.68. The zero-order valence-corrected chi connectivity index (χ0v) is 14.1. The summed E-state index contributed by atoms with van der Waals surface area (Å²) in [6.45, 7) is 7.32. The molecule has 0 aromatic carbocycles. The van der Waals surface area contributed by atoms with Crippen molar-refractivity contribution >= 4 is 17.7 Å². The van der Waals surface area contributed by atoms with Crippen LogP contribution in [0, 0.1) is 19.8 Å². The Morgan fingerprint density at radius 2 is 1.82 bits per heavy atom. The first-order chi connectivity index (χ1) is 10.2. The first kappa shape index (κ1) is 17.9. The van der Waals surface area contributed by atoms with Gasteiger partial charge in [0.1, 0.15) is 5.69 Å². The lowest BCUT2D eigenvalue weighted by Gasteiger charge is -2.17. The Morgan fingerprint density at radius 1 is 1.23 bits per heavy atom. The van der Waals surface area contributed by atoms with Crippen molar-refractivity contribution in [1.29, 1.82) is 0 Å². The number of nitrogens with zero attached hydrogens (tertiary/aromatic N) is 1. The topological polar surface area (TPSA) is 79.5 Å². The number of aromatic nitrogens is 1. The van der Waals surface area contributed by atoms with Crippen LogP contribution in [0.3, 0.4) is 0 Å². The largest absolute Gasteiger partial charge is 0.464 e. The second-order valence-electron chi connectivity index (χ2n) is 5.89. The third kappa shape index (κ3) is 3.96. The fourth-order valence-electron chi connectivity index (χ4n) is 2.36. The number of amides is 1. The number of carbonyl (C=O) groups is 3. The molecule has 6 heteroatoms. The number of nitrogens with one attached hydrogen (secondary N) is 1. The zero-order chi connectivity index (χ0) is 17.0. The van der Waals surface area contributed by atoms with Gasteiger partial charge in [0, 0.05) is 24.7 Å². The number of carbonyl (C=O) groups excluding carboxylic acids is 3. The summed E-state index contributed by atoms with van der Waals surface area (Å²) in [4.78, 5) is 40.3. The molecule has 0 bridgehead atoms. The number of ether oxygens (including phenoxy) is 1. The maximum atomic E-state index is 12.4. The van der Waals surface area contributed by atoms with Crippen LogP contribution in [-0.4, -0.2) is 48.2 Å². The van der Waals surface area contributed by atoms with Crippen molar-refractivity contribution in [1.82, 2.24) is 9.88 Å². The van der Waals surface area contributed by atoms with E-state index in [0.717, 1.165) is 0 Å². The van der Waals surface area contributed by atoms with Gasteiger partial charge < -0.3 is 14.6 Å². The minimum atomic E-state index is -0.510. The summed E-state index contributed by atoms with van der Waals surface area (Å²) in [5.41, 5.74) is 1.88. The van der Waals surface area contributed by atoms with E-state index in [9.17, 15) is 14.4 Å². The molecule has 1 aromatic rings. The van der Waals surface area contributed by atoms with Gasteiger partial charge in [-0.2, -0.15) is 0 Å². The van der Waals surface area contributed by atoms with Crippen molar-refractivity contribution in [3.8, 4) is 0 Å². The van der Waals surface area contributed by atoms with Gasteiger partial charge in [0.2, 0.25) is 5.91 Å². The highest BCUT2D eigenvalue weighted by Crippen LogP contribution is 2.19. The van der Waals surface area contributed by atoms with Gasteiger partial charge in [0.05, 0.1) is 13.7 Å². The van der Waals surface area contributed by atoms with E-state index in [1.54, 1.807) is 20.9 Å². The van der Waals surface area contributed by atoms with Crippen LogP contribution < -0.4 is 0 Å². The second kappa shape index (κ2) is 7.24. The number of rotatable bonds is 6. The van der Waals surface area contributed by atoms with Gasteiger partial charge in [0.25, 0.3) is 0 Å². The SMILES string of the molecule is COC(=O)c1[nH]c(C)c(C(=O)CN(C)C(=O)CC(C)C)c1C. The highest BCUT2D eigenvalue weighted by atomic mass is 16.5. The Kier molecular flexibility index (Phi) is 5.91. The number of esters is 1. The molecule has 0 unspecified atom stereocenters. The van der Waals surface area contributed by atoms with Gasteiger partial charge in [-0.15, -0.1) is 0 Å². The quantitative estimate of drug-likeness (QED) is 0.645. The predicted molar refractivity (Wildman–Crippen MR) is 83.0 cm³/mol. The molecule has 0 saturated heterocycles. The maximum absolute atomic E-state index is 12.4. The van der Waals surface area contributed by atoms with Gasteiger partial charge in [-0.1, -0.05) is 13.8 Å². The number of hydrogen-bond acceptors (Lipinski definition) is 4. The number of H-pyrrole nitrogens is 1. The van der Waals surface area contributed by atoms with Crippen molar-refractivity contribution in [3.05, 3.63) is 22.5 Å². The molecule has 22 heavy (non-hydrogen) atoms. The predicted octanol–water partition coefficient (Wildman–Crippen LogP) is 2.11. The number of likely N-dealkylation sites (N-methyl/N-ethyl adjacent to an activating group) is 1. The van der Waals surface area contributed by atoms with Crippen LogP contribution in [0.5, 0.6) is 0 Å². The highest BCUT2D eigenvalue weighted by molar-refractivity contribution is 6.04. The first-order valence-corrected chi connectivity index (χ1v) is 7.23. The Labute approximate surface area is 130 Å². The molecule has 1 amide bonds. The molecule has 0 fully saturated rings. The normalized spacial score (nSPS) is 10.7. The van der Waals surface area contributed by atoms with Crippen molar-refractivity contribution in [3.63, 3.8) is 0 Å². The lowest BCUT2D eigenvalue weighted by atomic mass is 10.0. The van der Waals surface area contributed by atoms with Crippen LogP contribution in [0.2, 0.25) is 0 Å². The van der Waals surface area contributed by atoms with E-state index >= 15 is 0 Å². The Hall–Kier alpha value is -2.11. The molecule has 0 aliphatic carbocycles. The molecule has 1 heterocycles. The van der Waals surface area contributed by atoms with Crippen LogP contribution in [0.25, 0.3) is 0 Å². The number of Topliss-reactive ketones (excluding diaryl/α,β-unsaturated/α-hetero) is 1. The van der Waals surface area contributed by atoms with Crippen molar-refractivity contribution in [2.45, 2.75) is 34.1 Å². The summed E-state index contributed by atoms with van der Waals surface area (Å²) in [5, 5.41) is 0. The average Bonchev–Trinajstić information content (AvgIpc) is 2.72. The van der Waals surface area contributed by atoms with E-state index in [-0.39, 0.29) is 29.8 Å². The van der Waals surface area contributed by atoms with E-state index in [0.29, 0.717) is 23.2 Å². The monoisotopic (exact) mass is 308 g/mol. The number of aromatic amines is 1. The molecule has 1 aromatic heterocycles. The Bertz CT molecular complexity index is 587. The standard InChI is InChI=1S/C16H24N2O4/c1-9(2)7-13(20)18(5)8-12(19)14-10(3)15(16(21)22-6)17-11(14)4/h9,17H,7-8H2,1-6H3. The number of hydrogen-bond donors (Lipinski definition) is 1. The smallest absolute Gasteiger partial charge is 0.354 e. The molecule has 0 radical (unpaired) electrons. The molecule has 1 rings (SSSR count). The van der Waals surface area contributed by atoms with Crippen LogP contribution >= 0.6 is 0 Å². The zero-order valence-electron chi connectivity index (χ0n) is 14.1. The van der Waals surface area contributed by atoms with Gasteiger partial charge in [-0.25, -0.2) is 4.79 Å². The summed E-state index contributed by atoms with van der Waals surface area (Å²) in [7, 11) is 2.90. The Balaban J connectivity index is 2.93. The number of aryl methyl sites for hydroxylation is 1. The van der Waals surface area contributed by atoms with E-state index in [2.05, 4.69) is 9.72 Å². The summed E-state index contributed by atoms with van der Waals surface area (Å²) in [5.74, 6) is -0.529. The third-order valence-electron chi connectivity index (χ3n) is 3.50. The van der Waals surface area contributed by atoms with Gasteiger partial charge >= 0.3 is 5.97 Å². The van der Waals surface area contributed by atoms with E-state index in [4.69, 9.17) is 0 Å². The van der Waals surface area contributed by atoms with Crippen molar-refractivity contribution < 1.29 is 19.1 Å². The van der Waals surface area contributed by atoms with Gasteiger partial charge in [-0.3, -0.25) is 9.59 Å². The fraction of sp³-hybridized carbons (Fsp3) is 0.562. The minimum Gasteiger partial charge on any atom is -0.464 e. The lowest BCUT2D eigenvalue weighted by molar-refractivity contribution is -0.130. The van der Waals surface area contributed by atoms with E-state index in [1.807, 2.05) is 13.8 Å². The summed E-state index contributed by atoms with van der Waals surface area (Å²) in [6.07, 6.45) is 0.405. The first-order valence-electron chi connectivity index (χ1n) is 7.23. The third-order valence-corrected chi connectivity index (χ3v) is 3.50. The number of ketones is 1. The van der Waals surface area contributed by atoms with Crippen LogP contribution in [0.4, 0.5) is 0 Å². The molecular weight excluding hydrogens is 284 g/mol. The molecule has 1 N–H and O–H groups in total. The number of methoxy groups -OCH3 is 1. The average molecular weight is 308 g/mol. The molecule has 0 saturated carbocycles.